The summed E-state index contributed by atoms with van der Waals surface area (Å²) in [7, 11) is 0.165. The van der Waals surface area contributed by atoms with Crippen molar-refractivity contribution in [2.24, 2.45) is 11.8 Å². The molecule has 4 fully saturated rings. The Morgan fingerprint density at radius 1 is 0.500 bits per heavy atom. The molecule has 23 nitrogen and oxygen atoms in total. The van der Waals surface area contributed by atoms with Crippen molar-refractivity contribution < 1.29 is 79.4 Å². The molecule has 9 aromatic rings. The van der Waals surface area contributed by atoms with Crippen molar-refractivity contribution in [3.8, 4) is 18.2 Å². The van der Waals surface area contributed by atoms with E-state index in [1.807, 2.05) is 107 Å². The summed E-state index contributed by atoms with van der Waals surface area (Å²) >= 11 is 6.03. The van der Waals surface area contributed by atoms with Gasteiger partial charge in [0.1, 0.15) is 46.8 Å². The third-order valence-electron chi connectivity index (χ3n) is 23.5. The Kier molecular flexibility index (Phi) is 56.5. The summed E-state index contributed by atoms with van der Waals surface area (Å²) in [6.45, 7) is 32.6. The SMILES string of the molecule is C.C.C.C.C.C.CC(C)(C)OC(=O)N1CCC[C@@H]1[C@H](O)[C@H](c1ccc(C#N)cc1)c1cccc(F)c1.CC(C)(C)OC(=O)N1CCC[C@@H]1[C@H](O)[C@H](c1ccc(Cl)cc1)c1cccc(F)c1.CS(=O)(=O)Cl.C[C@H]([C@H](c1ccc(C#N)cc1)c1cccc(F)c1)[C@H]1CCCN1.C[C@H]([C@H](c1ccc(C#N)cc1)c1cccc(F)c1)[C@H]1CCCN1C(=O)OC(C)(C)C.Cc1cn(COCC[Si](C)(C)C)nc(C(=O)O)c1=O.Cl.Cl. The molecule has 4 saturated heterocycles. The minimum Gasteiger partial charge on any atom is -0.476 e. The van der Waals surface area contributed by atoms with E-state index < -0.39 is 105 Å². The second kappa shape index (κ2) is 61.0. The first-order valence-electron chi connectivity index (χ1n) is 45.6. The number of benzene rings is 8. The normalized spacial score (nSPS) is 16.7. The Morgan fingerprint density at radius 2 is 0.806 bits per heavy atom. The van der Waals surface area contributed by atoms with Crippen molar-refractivity contribution in [1.82, 2.24) is 29.8 Å². The monoisotopic (exact) mass is 2110 g/mol. The third-order valence-corrected chi connectivity index (χ3v) is 25.4. The van der Waals surface area contributed by atoms with E-state index in [1.165, 1.54) is 53.7 Å². The van der Waals surface area contributed by atoms with Crippen molar-refractivity contribution in [2.45, 2.75) is 288 Å². The molecule has 144 heavy (non-hydrogen) atoms. The molecule has 4 aliphatic heterocycles. The van der Waals surface area contributed by atoms with Gasteiger partial charge in [0.05, 0.1) is 65.4 Å². The van der Waals surface area contributed by atoms with E-state index in [1.54, 1.807) is 135 Å². The number of hydrogen-bond donors (Lipinski definition) is 4. The van der Waals surface area contributed by atoms with Gasteiger partial charge in [-0.2, -0.15) is 20.9 Å². The number of carbonyl (C=O) groups excluding carboxylic acids is 3. The van der Waals surface area contributed by atoms with Crippen LogP contribution in [-0.2, 0) is 34.7 Å². The fourth-order valence-electron chi connectivity index (χ4n) is 17.3. The second-order valence-corrected chi connectivity index (χ2v) is 47.9. The van der Waals surface area contributed by atoms with Crippen LogP contribution < -0.4 is 10.7 Å². The van der Waals surface area contributed by atoms with Crippen molar-refractivity contribution >= 4 is 88.5 Å². The first kappa shape index (κ1) is 133. The lowest BCUT2D eigenvalue weighted by molar-refractivity contribution is 0.00204. The van der Waals surface area contributed by atoms with Crippen LogP contribution in [0.3, 0.4) is 0 Å². The average molecular weight is 2120 g/mol. The number of aliphatic hydroxyl groups excluding tert-OH is 2. The molecule has 3 amide bonds. The number of carboxylic acid groups (broad SMARTS) is 1. The Morgan fingerprint density at radius 3 is 1.10 bits per heavy atom. The summed E-state index contributed by atoms with van der Waals surface area (Å²) in [4.78, 5) is 65.6. The summed E-state index contributed by atoms with van der Waals surface area (Å²) in [5.41, 5.74) is 6.09. The highest BCUT2D eigenvalue weighted by Crippen LogP contribution is 2.43. The van der Waals surface area contributed by atoms with Crippen LogP contribution in [0.2, 0.25) is 30.7 Å². The Bertz CT molecular complexity index is 5630. The molecule has 33 heteroatoms. The number of nitrogens with zero attached hydrogens (tertiary/aromatic N) is 8. The summed E-state index contributed by atoms with van der Waals surface area (Å²) in [6, 6.07) is 62.0. The first-order valence-corrected chi connectivity index (χ1v) is 52.4. The minimum atomic E-state index is -3.19. The van der Waals surface area contributed by atoms with E-state index in [2.05, 4.69) is 72.8 Å². The molecule has 1 aromatic heterocycles. The fourth-order valence-corrected chi connectivity index (χ4v) is 18.2. The summed E-state index contributed by atoms with van der Waals surface area (Å²) in [5.74, 6) is -3.22. The predicted molar refractivity (Wildman–Crippen MR) is 577 cm³/mol. The molecule has 792 valence electrons. The van der Waals surface area contributed by atoms with E-state index in [0.717, 1.165) is 84.3 Å². The van der Waals surface area contributed by atoms with Crippen LogP contribution in [-0.4, -0.2) is 173 Å². The summed E-state index contributed by atoms with van der Waals surface area (Å²) in [6.07, 6.45) is 6.30. The number of nitrogens with one attached hydrogen (secondary N) is 1. The number of aromatic carboxylic acids is 1. The highest BCUT2D eigenvalue weighted by atomic mass is 35.7. The molecule has 0 radical (unpaired) electrons. The van der Waals surface area contributed by atoms with E-state index in [-0.39, 0.29) is 123 Å². The van der Waals surface area contributed by atoms with Gasteiger partial charge in [-0.3, -0.25) is 4.79 Å². The molecular formula is C111H153Cl4F4N9O14SSi. The van der Waals surface area contributed by atoms with Crippen molar-refractivity contribution in [1.29, 1.82) is 15.8 Å². The zero-order valence-corrected chi connectivity index (χ0v) is 86.0. The van der Waals surface area contributed by atoms with Crippen LogP contribution in [0, 0.1) is 76.0 Å². The lowest BCUT2D eigenvalue weighted by atomic mass is 9.77. The number of likely N-dealkylation sites (tertiary alicyclic amines) is 3. The molecule has 5 heterocycles. The molecule has 0 bridgehead atoms. The van der Waals surface area contributed by atoms with Crippen LogP contribution >= 0.6 is 47.1 Å². The predicted octanol–water partition coefficient (Wildman–Crippen LogP) is 26.5. The maximum Gasteiger partial charge on any atom is 0.410 e. The molecule has 0 unspecified atom stereocenters. The number of halogens is 8. The van der Waals surface area contributed by atoms with E-state index in [4.69, 9.17) is 51.4 Å². The molecule has 4 N–H and O–H groups in total. The quantitative estimate of drug-likeness (QED) is 0.0161. The van der Waals surface area contributed by atoms with Gasteiger partial charge in [0.2, 0.25) is 20.2 Å². The smallest absolute Gasteiger partial charge is 0.410 e. The number of aliphatic hydroxyl groups is 2. The van der Waals surface area contributed by atoms with Gasteiger partial charge in [-0.1, -0.05) is 187 Å². The number of ether oxygens (including phenoxy) is 4. The number of amides is 3. The number of nitriles is 3. The topological polar surface area (TPSA) is 328 Å². The Labute approximate surface area is 876 Å². The largest absolute Gasteiger partial charge is 0.476 e. The zero-order valence-electron chi connectivity index (χ0n) is 81.0. The van der Waals surface area contributed by atoms with Crippen molar-refractivity contribution in [2.75, 3.05) is 39.0 Å². The van der Waals surface area contributed by atoms with Gasteiger partial charge >= 0.3 is 24.2 Å². The minimum absolute atomic E-state index is 0. The molecule has 0 aliphatic carbocycles. The van der Waals surface area contributed by atoms with E-state index in [0.29, 0.717) is 89.4 Å². The number of rotatable bonds is 22. The summed E-state index contributed by atoms with van der Waals surface area (Å²) < 4.78 is 98.0. The Hall–Kier alpha value is -10.7. The third kappa shape index (κ3) is 41.7. The van der Waals surface area contributed by atoms with Crippen LogP contribution in [0.5, 0.6) is 0 Å². The number of carboxylic acids is 1. The van der Waals surface area contributed by atoms with Gasteiger partial charge in [0, 0.05) is 97.5 Å². The van der Waals surface area contributed by atoms with Crippen LogP contribution in [0.1, 0.15) is 273 Å². The lowest BCUT2D eigenvalue weighted by Gasteiger charge is -2.36. The van der Waals surface area contributed by atoms with Gasteiger partial charge < -0.3 is 54.3 Å². The van der Waals surface area contributed by atoms with E-state index in [9.17, 15) is 60.2 Å². The Balaban J connectivity index is 0.00000174. The average Bonchev–Trinajstić information content (AvgIpc) is 1.55. The number of carbonyl (C=O) groups is 4. The molecule has 12 atom stereocenters. The molecule has 0 spiro atoms. The van der Waals surface area contributed by atoms with Crippen LogP contribution in [0.25, 0.3) is 0 Å². The highest BCUT2D eigenvalue weighted by Gasteiger charge is 2.44. The van der Waals surface area contributed by atoms with Gasteiger partial charge in [0.15, 0.2) is 0 Å². The molecule has 0 saturated carbocycles. The fraction of sp³-hybridized carbons (Fsp3) is 0.468. The number of aromatic nitrogens is 2. The van der Waals surface area contributed by atoms with Crippen molar-refractivity contribution in [3.63, 3.8) is 0 Å². The second-order valence-electron chi connectivity index (χ2n) is 38.8. The van der Waals surface area contributed by atoms with Crippen LogP contribution in [0.15, 0.2) is 205 Å². The standard InChI is InChI=1S/C25H29FN2O2.C24H27FN2O3.C23H27ClFNO3.C20H21FN2.C12H20N2O4Si.CH3ClO2S.6CH4.2ClH/c1-17(22-9-6-14-28(22)24(29)30-25(2,3)4)23(20-7-5-8-21(26)15-20)19-12-10-18(16-27)11-13-19;1-24(2,3)30-23(29)27-13-5-8-20(27)22(28)21(18-6-4-7-19(25)14-18)17-11-9-16(15-26)10-12-17;1-23(2,3)29-22(28)26-13-5-8-19(26)21(27)20(15-9-11-17(24)12-10-15)16-6-4-7-18(25)14-16;1-14(19-6-3-11-23-19)20(17-4-2-5-18(21)12-17)16-9-7-15(13-22)8-10-16;1-9-7-14(8-18-5-6-19(2,3)4)13-10(11(9)15)12(16)17;1-5(2,3)4;;;;;;;;/h5,7-8,10-13,15,17,22-23H,6,9,14H2,1-4H3;4,6-7,9-12,14,20-22,28H,5,8,13H2,1-3H3;4,6-7,9-12,14,19-21,27H,5,8,13H2,1-3H3;2,4-5,7-10,12,14,19-20,23H,3,6,11H2,1H3;7H,5-6,8H2,1-4H3,(H,16,17);1H3;6*1H4;2*1H/t17-,22+,23+;20-,21-,22+;19-,20-,21+;14-,19+,20+;;;;;;;;;;/m0110........../s1. The number of hydrogen-bond acceptors (Lipinski definition) is 18. The van der Waals surface area contributed by atoms with Gasteiger partial charge in [-0.05, 0) is 287 Å². The summed E-state index contributed by atoms with van der Waals surface area (Å²) in [5, 5.41) is 66.8. The molecular weight excluding hydrogens is 1960 g/mol. The van der Waals surface area contributed by atoms with Crippen molar-refractivity contribution in [3.05, 3.63) is 311 Å². The molecule has 4 aliphatic rings. The maximum atomic E-state index is 14.1. The number of aryl methyl sites for hydroxylation is 1. The van der Waals surface area contributed by atoms with Gasteiger partial charge in [0.25, 0.3) is 0 Å². The first-order chi connectivity index (χ1) is 63.9. The van der Waals surface area contributed by atoms with Gasteiger partial charge in [-0.15, -0.1) is 24.8 Å². The highest BCUT2D eigenvalue weighted by molar-refractivity contribution is 8.13. The lowest BCUT2D eigenvalue weighted by Crippen LogP contribution is -2.47. The van der Waals surface area contributed by atoms with E-state index >= 15 is 0 Å². The molecule has 13 rings (SSSR count). The molecule has 8 aromatic carbocycles. The maximum absolute atomic E-state index is 14.1. The zero-order chi connectivity index (χ0) is 100. The van der Waals surface area contributed by atoms with Gasteiger partial charge in [-0.25, -0.2) is 49.8 Å². The van der Waals surface area contributed by atoms with Crippen LogP contribution in [0.4, 0.5) is 31.9 Å².